The molecule has 0 spiro atoms. The standard InChI is InChI=1S/C13H22N2O/c1-3-8-15-13(10-14)11-6-5-7-12(9-11)16-4-2/h5-7,9,13,15H,3-4,8,10,14H2,1-2H3. The number of hydrogen-bond donors (Lipinski definition) is 2. The van der Waals surface area contributed by atoms with Gasteiger partial charge in [-0.15, -0.1) is 0 Å². The van der Waals surface area contributed by atoms with Crippen LogP contribution in [-0.4, -0.2) is 19.7 Å². The molecule has 0 amide bonds. The lowest BCUT2D eigenvalue weighted by Gasteiger charge is -2.17. The molecule has 0 aliphatic heterocycles. The average Bonchev–Trinajstić information content (AvgIpc) is 2.31. The fourth-order valence-corrected chi connectivity index (χ4v) is 1.64. The molecule has 0 radical (unpaired) electrons. The van der Waals surface area contributed by atoms with E-state index < -0.39 is 0 Å². The van der Waals surface area contributed by atoms with E-state index in [1.54, 1.807) is 0 Å². The van der Waals surface area contributed by atoms with Crippen molar-refractivity contribution in [3.63, 3.8) is 0 Å². The Morgan fingerprint density at radius 3 is 2.81 bits per heavy atom. The summed E-state index contributed by atoms with van der Waals surface area (Å²) >= 11 is 0. The van der Waals surface area contributed by atoms with Crippen molar-refractivity contribution in [1.29, 1.82) is 0 Å². The summed E-state index contributed by atoms with van der Waals surface area (Å²) in [7, 11) is 0. The fourth-order valence-electron chi connectivity index (χ4n) is 1.64. The zero-order valence-electron chi connectivity index (χ0n) is 10.2. The number of rotatable bonds is 7. The normalized spacial score (nSPS) is 12.4. The summed E-state index contributed by atoms with van der Waals surface area (Å²) in [5.41, 5.74) is 6.96. The minimum Gasteiger partial charge on any atom is -0.494 e. The first kappa shape index (κ1) is 13.0. The van der Waals surface area contributed by atoms with Gasteiger partial charge in [0, 0.05) is 12.6 Å². The zero-order chi connectivity index (χ0) is 11.8. The SMILES string of the molecule is CCCNC(CN)c1cccc(OCC)c1. The van der Waals surface area contributed by atoms with Gasteiger partial charge in [0.25, 0.3) is 0 Å². The van der Waals surface area contributed by atoms with E-state index in [0.29, 0.717) is 13.2 Å². The third kappa shape index (κ3) is 3.83. The highest BCUT2D eigenvalue weighted by atomic mass is 16.5. The van der Waals surface area contributed by atoms with E-state index in [9.17, 15) is 0 Å². The fraction of sp³-hybridized carbons (Fsp3) is 0.538. The molecule has 0 saturated heterocycles. The van der Waals surface area contributed by atoms with Crippen molar-refractivity contribution in [3.8, 4) is 5.75 Å². The molecule has 0 heterocycles. The van der Waals surface area contributed by atoms with Crippen LogP contribution in [0.3, 0.4) is 0 Å². The molecular formula is C13H22N2O. The van der Waals surface area contributed by atoms with E-state index in [0.717, 1.165) is 18.7 Å². The first-order valence-corrected chi connectivity index (χ1v) is 5.98. The van der Waals surface area contributed by atoms with Crippen molar-refractivity contribution in [3.05, 3.63) is 29.8 Å². The van der Waals surface area contributed by atoms with E-state index in [4.69, 9.17) is 10.5 Å². The molecule has 3 N–H and O–H groups in total. The van der Waals surface area contributed by atoms with Gasteiger partial charge in [-0.25, -0.2) is 0 Å². The molecule has 0 aromatic heterocycles. The van der Waals surface area contributed by atoms with Crippen LogP contribution in [-0.2, 0) is 0 Å². The molecular weight excluding hydrogens is 200 g/mol. The van der Waals surface area contributed by atoms with Crippen LogP contribution in [0.2, 0.25) is 0 Å². The summed E-state index contributed by atoms with van der Waals surface area (Å²) in [6.45, 7) is 6.43. The second kappa shape index (κ2) is 7.25. The largest absolute Gasteiger partial charge is 0.494 e. The zero-order valence-corrected chi connectivity index (χ0v) is 10.2. The third-order valence-electron chi connectivity index (χ3n) is 2.45. The maximum absolute atomic E-state index is 5.77. The third-order valence-corrected chi connectivity index (χ3v) is 2.45. The Labute approximate surface area is 98.0 Å². The van der Waals surface area contributed by atoms with Crippen LogP contribution >= 0.6 is 0 Å². The molecule has 3 heteroatoms. The molecule has 0 aliphatic rings. The maximum Gasteiger partial charge on any atom is 0.119 e. The number of ether oxygens (including phenoxy) is 1. The van der Waals surface area contributed by atoms with E-state index in [2.05, 4.69) is 24.4 Å². The molecule has 0 saturated carbocycles. The number of hydrogen-bond acceptors (Lipinski definition) is 3. The van der Waals surface area contributed by atoms with Gasteiger partial charge in [0.2, 0.25) is 0 Å². The van der Waals surface area contributed by atoms with Crippen molar-refractivity contribution in [1.82, 2.24) is 5.32 Å². The summed E-state index contributed by atoms with van der Waals surface area (Å²) in [4.78, 5) is 0. The summed E-state index contributed by atoms with van der Waals surface area (Å²) in [6, 6.07) is 8.35. The highest BCUT2D eigenvalue weighted by Gasteiger charge is 2.08. The Morgan fingerprint density at radius 1 is 1.38 bits per heavy atom. The highest BCUT2D eigenvalue weighted by molar-refractivity contribution is 5.30. The first-order valence-electron chi connectivity index (χ1n) is 5.98. The molecule has 3 nitrogen and oxygen atoms in total. The maximum atomic E-state index is 5.77. The molecule has 1 unspecified atom stereocenters. The Balaban J connectivity index is 2.71. The van der Waals surface area contributed by atoms with Crippen LogP contribution in [0.5, 0.6) is 5.75 Å². The average molecular weight is 222 g/mol. The Hall–Kier alpha value is -1.06. The second-order valence-electron chi connectivity index (χ2n) is 3.75. The van der Waals surface area contributed by atoms with Crippen LogP contribution in [0.15, 0.2) is 24.3 Å². The molecule has 90 valence electrons. The number of nitrogens with one attached hydrogen (secondary N) is 1. The van der Waals surface area contributed by atoms with Gasteiger partial charge in [-0.1, -0.05) is 19.1 Å². The molecule has 0 fully saturated rings. The smallest absolute Gasteiger partial charge is 0.119 e. The van der Waals surface area contributed by atoms with Gasteiger partial charge in [-0.05, 0) is 37.6 Å². The van der Waals surface area contributed by atoms with Gasteiger partial charge in [0.1, 0.15) is 5.75 Å². The number of benzene rings is 1. The molecule has 1 rings (SSSR count). The van der Waals surface area contributed by atoms with Crippen molar-refractivity contribution in [2.75, 3.05) is 19.7 Å². The molecule has 1 aromatic carbocycles. The minimum absolute atomic E-state index is 0.223. The monoisotopic (exact) mass is 222 g/mol. The lowest BCUT2D eigenvalue weighted by atomic mass is 10.1. The van der Waals surface area contributed by atoms with Crippen LogP contribution in [0.4, 0.5) is 0 Å². The summed E-state index contributed by atoms with van der Waals surface area (Å²) in [5, 5.41) is 3.42. The Bertz CT molecular complexity index is 302. The van der Waals surface area contributed by atoms with Gasteiger partial charge in [-0.2, -0.15) is 0 Å². The molecule has 1 atom stereocenters. The van der Waals surface area contributed by atoms with Crippen LogP contribution in [0.1, 0.15) is 31.9 Å². The minimum atomic E-state index is 0.223. The first-order chi connectivity index (χ1) is 7.81. The topological polar surface area (TPSA) is 47.3 Å². The van der Waals surface area contributed by atoms with Gasteiger partial charge >= 0.3 is 0 Å². The Morgan fingerprint density at radius 2 is 2.19 bits per heavy atom. The summed E-state index contributed by atoms with van der Waals surface area (Å²) in [5.74, 6) is 0.914. The lowest BCUT2D eigenvalue weighted by Crippen LogP contribution is -2.28. The summed E-state index contributed by atoms with van der Waals surface area (Å²) < 4.78 is 5.48. The van der Waals surface area contributed by atoms with Crippen molar-refractivity contribution in [2.45, 2.75) is 26.3 Å². The van der Waals surface area contributed by atoms with E-state index in [1.165, 1.54) is 5.56 Å². The highest BCUT2D eigenvalue weighted by Crippen LogP contribution is 2.18. The molecule has 16 heavy (non-hydrogen) atoms. The van der Waals surface area contributed by atoms with Crippen LogP contribution in [0.25, 0.3) is 0 Å². The van der Waals surface area contributed by atoms with Crippen molar-refractivity contribution >= 4 is 0 Å². The van der Waals surface area contributed by atoms with Crippen LogP contribution < -0.4 is 15.8 Å². The molecule has 0 bridgehead atoms. The molecule has 0 aliphatic carbocycles. The van der Waals surface area contributed by atoms with Crippen molar-refractivity contribution in [2.24, 2.45) is 5.73 Å². The van der Waals surface area contributed by atoms with Gasteiger partial charge in [-0.3, -0.25) is 0 Å². The number of nitrogens with two attached hydrogens (primary N) is 1. The van der Waals surface area contributed by atoms with Gasteiger partial charge in [0.15, 0.2) is 0 Å². The predicted octanol–water partition coefficient (Wildman–Crippen LogP) is 2.08. The predicted molar refractivity (Wildman–Crippen MR) is 67.7 cm³/mol. The Kier molecular flexibility index (Phi) is 5.90. The lowest BCUT2D eigenvalue weighted by molar-refractivity contribution is 0.339. The van der Waals surface area contributed by atoms with E-state index in [-0.39, 0.29) is 6.04 Å². The molecule has 1 aromatic rings. The quantitative estimate of drug-likeness (QED) is 0.742. The van der Waals surface area contributed by atoms with Crippen LogP contribution in [0, 0.1) is 0 Å². The van der Waals surface area contributed by atoms with E-state index in [1.807, 2.05) is 19.1 Å². The van der Waals surface area contributed by atoms with Crippen molar-refractivity contribution < 1.29 is 4.74 Å². The summed E-state index contributed by atoms with van der Waals surface area (Å²) in [6.07, 6.45) is 1.11. The second-order valence-corrected chi connectivity index (χ2v) is 3.75. The van der Waals surface area contributed by atoms with E-state index >= 15 is 0 Å². The van der Waals surface area contributed by atoms with Gasteiger partial charge < -0.3 is 15.8 Å². The van der Waals surface area contributed by atoms with Gasteiger partial charge in [0.05, 0.1) is 6.61 Å².